The molecule has 0 saturated carbocycles. The van der Waals surface area contributed by atoms with E-state index in [2.05, 4.69) is 15.0 Å². The van der Waals surface area contributed by atoms with Crippen LogP contribution in [0, 0.1) is 19.8 Å². The van der Waals surface area contributed by atoms with Gasteiger partial charge in [0.2, 0.25) is 5.95 Å². The van der Waals surface area contributed by atoms with Crippen molar-refractivity contribution in [1.29, 1.82) is 0 Å². The van der Waals surface area contributed by atoms with E-state index in [4.69, 9.17) is 0 Å². The van der Waals surface area contributed by atoms with Crippen LogP contribution in [0.3, 0.4) is 0 Å². The summed E-state index contributed by atoms with van der Waals surface area (Å²) in [6.07, 6.45) is 1.67. The second-order valence-electron chi connectivity index (χ2n) is 3.19. The first-order chi connectivity index (χ1) is 6.66. The average molecular weight is 191 g/mol. The van der Waals surface area contributed by atoms with E-state index < -0.39 is 5.95 Å². The highest BCUT2D eigenvalue weighted by Crippen LogP contribution is 2.16. The number of aromatic amines is 1. The van der Waals surface area contributed by atoms with Crippen LogP contribution in [0.4, 0.5) is 4.39 Å². The second-order valence-corrected chi connectivity index (χ2v) is 3.19. The van der Waals surface area contributed by atoms with Crippen molar-refractivity contribution >= 4 is 0 Å². The number of rotatable bonds is 1. The van der Waals surface area contributed by atoms with Crippen LogP contribution in [0.2, 0.25) is 0 Å². The molecule has 0 saturated heterocycles. The fourth-order valence-electron chi connectivity index (χ4n) is 1.18. The summed E-state index contributed by atoms with van der Waals surface area (Å²) in [5.41, 5.74) is 2.17. The molecule has 0 radical (unpaired) electrons. The highest BCUT2D eigenvalue weighted by atomic mass is 19.1. The predicted molar refractivity (Wildman–Crippen MR) is 51.3 cm³/mol. The van der Waals surface area contributed by atoms with Crippen LogP contribution >= 0.6 is 0 Å². The lowest BCUT2D eigenvalue weighted by atomic mass is 10.2. The quantitative estimate of drug-likeness (QED) is 0.750. The van der Waals surface area contributed by atoms with Gasteiger partial charge in [0.1, 0.15) is 5.82 Å². The van der Waals surface area contributed by atoms with Gasteiger partial charge in [-0.1, -0.05) is 0 Å². The predicted octanol–water partition coefficient (Wildman–Crippen LogP) is 2.23. The van der Waals surface area contributed by atoms with Crippen molar-refractivity contribution in [2.45, 2.75) is 13.8 Å². The Bertz CT molecular complexity index is 425. The molecule has 3 nitrogen and oxygen atoms in total. The number of imidazole rings is 1. The van der Waals surface area contributed by atoms with Gasteiger partial charge in [0, 0.05) is 17.5 Å². The van der Waals surface area contributed by atoms with E-state index in [0.717, 1.165) is 11.3 Å². The summed E-state index contributed by atoms with van der Waals surface area (Å²) in [7, 11) is 0. The molecule has 4 heteroatoms. The molecule has 72 valence electrons. The van der Waals surface area contributed by atoms with E-state index in [-0.39, 0.29) is 0 Å². The fraction of sp³-hybridized carbons (Fsp3) is 0.200. The fourth-order valence-corrected chi connectivity index (χ4v) is 1.18. The first-order valence-corrected chi connectivity index (χ1v) is 4.32. The van der Waals surface area contributed by atoms with Crippen LogP contribution in [0.15, 0.2) is 18.3 Å². The van der Waals surface area contributed by atoms with Crippen molar-refractivity contribution in [2.24, 2.45) is 0 Å². The highest BCUT2D eigenvalue weighted by molar-refractivity contribution is 5.53. The number of aryl methyl sites for hydroxylation is 2. The van der Waals surface area contributed by atoms with Gasteiger partial charge in [0.15, 0.2) is 0 Å². The number of nitrogens with zero attached hydrogens (tertiary/aromatic N) is 2. The molecule has 2 heterocycles. The Balaban J connectivity index is 2.44. The van der Waals surface area contributed by atoms with Gasteiger partial charge in [0.05, 0.1) is 5.69 Å². The lowest BCUT2D eigenvalue weighted by Crippen LogP contribution is -1.84. The van der Waals surface area contributed by atoms with Gasteiger partial charge in [-0.2, -0.15) is 4.39 Å². The van der Waals surface area contributed by atoms with Gasteiger partial charge in [0.25, 0.3) is 0 Å². The summed E-state index contributed by atoms with van der Waals surface area (Å²) in [5, 5.41) is 0. The molecule has 0 spiro atoms. The molecule has 0 aliphatic heterocycles. The van der Waals surface area contributed by atoms with E-state index in [1.165, 1.54) is 0 Å². The summed E-state index contributed by atoms with van der Waals surface area (Å²) < 4.78 is 12.9. The minimum atomic E-state index is -0.458. The molecule has 2 rings (SSSR count). The lowest BCUT2D eigenvalue weighted by Gasteiger charge is -1.95. The molecule has 0 amide bonds. The third-order valence-electron chi connectivity index (χ3n) is 2.01. The summed E-state index contributed by atoms with van der Waals surface area (Å²) in [4.78, 5) is 10.7. The number of H-pyrrole nitrogens is 1. The molecule has 0 bridgehead atoms. The Morgan fingerprint density at radius 3 is 2.57 bits per heavy atom. The smallest absolute Gasteiger partial charge is 0.234 e. The lowest BCUT2D eigenvalue weighted by molar-refractivity contribution is 0.582. The van der Waals surface area contributed by atoms with Crippen molar-refractivity contribution in [3.05, 3.63) is 35.7 Å². The number of aromatic nitrogens is 3. The largest absolute Gasteiger partial charge is 0.339 e. The van der Waals surface area contributed by atoms with Crippen molar-refractivity contribution in [3.63, 3.8) is 0 Å². The van der Waals surface area contributed by atoms with Gasteiger partial charge >= 0.3 is 0 Å². The molecule has 2 aromatic heterocycles. The van der Waals surface area contributed by atoms with Crippen LogP contribution in [-0.4, -0.2) is 15.0 Å². The van der Waals surface area contributed by atoms with Crippen molar-refractivity contribution < 1.29 is 4.39 Å². The molecule has 0 aliphatic carbocycles. The highest BCUT2D eigenvalue weighted by Gasteiger charge is 2.07. The molecular weight excluding hydrogens is 181 g/mol. The van der Waals surface area contributed by atoms with Crippen LogP contribution in [0.1, 0.15) is 11.4 Å². The molecule has 14 heavy (non-hydrogen) atoms. The minimum Gasteiger partial charge on any atom is -0.339 e. The maximum absolute atomic E-state index is 12.9. The maximum atomic E-state index is 12.9. The monoisotopic (exact) mass is 191 g/mol. The molecule has 0 unspecified atom stereocenters. The average Bonchev–Trinajstić information content (AvgIpc) is 2.48. The Kier molecular flexibility index (Phi) is 2.04. The molecule has 0 aliphatic rings. The Morgan fingerprint density at radius 1 is 1.29 bits per heavy atom. The van der Waals surface area contributed by atoms with Crippen molar-refractivity contribution in [2.75, 3.05) is 0 Å². The maximum Gasteiger partial charge on any atom is 0.234 e. The summed E-state index contributed by atoms with van der Waals surface area (Å²) in [5.74, 6) is 0.0630. The Hall–Kier alpha value is -1.71. The van der Waals surface area contributed by atoms with Gasteiger partial charge in [-0.15, -0.1) is 0 Å². The van der Waals surface area contributed by atoms with E-state index in [0.29, 0.717) is 11.5 Å². The van der Waals surface area contributed by atoms with Crippen LogP contribution < -0.4 is 0 Å². The number of pyridine rings is 1. The normalized spacial score (nSPS) is 10.5. The van der Waals surface area contributed by atoms with E-state index in [9.17, 15) is 4.39 Å². The number of hydrogen-bond acceptors (Lipinski definition) is 2. The van der Waals surface area contributed by atoms with Gasteiger partial charge < -0.3 is 4.98 Å². The van der Waals surface area contributed by atoms with E-state index in [1.807, 2.05) is 19.1 Å². The Morgan fingerprint density at radius 2 is 2.07 bits per heavy atom. The number of halogens is 1. The van der Waals surface area contributed by atoms with Crippen molar-refractivity contribution in [1.82, 2.24) is 15.0 Å². The summed E-state index contributed by atoms with van der Waals surface area (Å²) in [6, 6.07) is 3.73. The van der Waals surface area contributed by atoms with Gasteiger partial charge in [-0.3, -0.25) is 4.98 Å². The third-order valence-corrected chi connectivity index (χ3v) is 2.01. The first kappa shape index (κ1) is 8.87. The Labute approximate surface area is 81.0 Å². The molecule has 0 fully saturated rings. The van der Waals surface area contributed by atoms with E-state index >= 15 is 0 Å². The molecule has 1 N–H and O–H groups in total. The topological polar surface area (TPSA) is 41.6 Å². The summed E-state index contributed by atoms with van der Waals surface area (Å²) >= 11 is 0. The zero-order chi connectivity index (χ0) is 10.1. The number of hydrogen-bond donors (Lipinski definition) is 1. The molecule has 0 aromatic carbocycles. The van der Waals surface area contributed by atoms with Crippen LogP contribution in [0.25, 0.3) is 11.4 Å². The number of nitrogens with one attached hydrogen (secondary N) is 1. The molecule has 0 atom stereocenters. The summed E-state index contributed by atoms with van der Waals surface area (Å²) in [6.45, 7) is 3.55. The minimum absolute atomic E-state index is 0.445. The first-order valence-electron chi connectivity index (χ1n) is 4.32. The second kappa shape index (κ2) is 3.21. The van der Waals surface area contributed by atoms with Gasteiger partial charge in [-0.05, 0) is 26.0 Å². The molecule has 2 aromatic rings. The van der Waals surface area contributed by atoms with Crippen LogP contribution in [0.5, 0.6) is 0 Å². The standard InChI is InChI=1S/C10H10FN3/c1-6-3-4-8(5-12-6)10-13-7(2)9(11)14-10/h3-5H,1-2H3,(H,13,14). The molecular formula is C10H10FN3. The van der Waals surface area contributed by atoms with Crippen LogP contribution in [-0.2, 0) is 0 Å². The zero-order valence-electron chi connectivity index (χ0n) is 8.00. The van der Waals surface area contributed by atoms with Crippen molar-refractivity contribution in [3.8, 4) is 11.4 Å². The van der Waals surface area contributed by atoms with E-state index in [1.54, 1.807) is 13.1 Å². The third kappa shape index (κ3) is 1.51. The van der Waals surface area contributed by atoms with Gasteiger partial charge in [-0.25, -0.2) is 4.98 Å². The zero-order valence-corrected chi connectivity index (χ0v) is 8.00. The SMILES string of the molecule is Cc1ccc(-c2nc(F)c(C)[nH]2)cn1.